The van der Waals surface area contributed by atoms with Crippen molar-refractivity contribution >= 4 is 11.0 Å². The first kappa shape index (κ1) is 12.6. The van der Waals surface area contributed by atoms with Crippen LogP contribution in [0.15, 0.2) is 30.5 Å². The molecular weight excluding hydrogens is 254 g/mol. The number of fused-ring (bicyclic) bond motifs is 1. The summed E-state index contributed by atoms with van der Waals surface area (Å²) in [4.78, 5) is 10.5. The SMILES string of the molecule is CNC(Cc1nnn(C)n1)c1cnc2ccccc2n1. The van der Waals surface area contributed by atoms with Crippen molar-refractivity contribution in [2.75, 3.05) is 7.05 Å². The lowest BCUT2D eigenvalue weighted by Gasteiger charge is -2.13. The summed E-state index contributed by atoms with van der Waals surface area (Å²) >= 11 is 0. The van der Waals surface area contributed by atoms with Gasteiger partial charge in [0.05, 0.1) is 36.0 Å². The minimum Gasteiger partial charge on any atom is -0.311 e. The third-order valence-electron chi connectivity index (χ3n) is 3.11. The Kier molecular flexibility index (Phi) is 3.34. The molecule has 0 aliphatic rings. The molecule has 7 nitrogen and oxygen atoms in total. The summed E-state index contributed by atoms with van der Waals surface area (Å²) in [6, 6.07) is 7.83. The molecule has 0 saturated carbocycles. The number of rotatable bonds is 4. The maximum Gasteiger partial charge on any atom is 0.176 e. The minimum atomic E-state index is 0.0105. The summed E-state index contributed by atoms with van der Waals surface area (Å²) in [5.41, 5.74) is 2.65. The van der Waals surface area contributed by atoms with E-state index in [0.29, 0.717) is 12.2 Å². The van der Waals surface area contributed by atoms with Crippen LogP contribution in [0, 0.1) is 0 Å². The number of likely N-dealkylation sites (N-methyl/N-ethyl adjacent to an activating group) is 1. The molecule has 3 rings (SSSR count). The van der Waals surface area contributed by atoms with Gasteiger partial charge in [-0.05, 0) is 24.4 Å². The third-order valence-corrected chi connectivity index (χ3v) is 3.11. The topological polar surface area (TPSA) is 81.4 Å². The molecule has 0 saturated heterocycles. The smallest absolute Gasteiger partial charge is 0.176 e. The molecule has 1 N–H and O–H groups in total. The quantitative estimate of drug-likeness (QED) is 0.749. The molecular formula is C13H15N7. The molecule has 0 fully saturated rings. The van der Waals surface area contributed by atoms with Gasteiger partial charge in [-0.15, -0.1) is 10.2 Å². The standard InChI is InChI=1S/C13H15N7/c1-14-11(7-13-17-19-20(2)18-13)12-8-15-9-5-3-4-6-10(9)16-12/h3-6,8,11,14H,7H2,1-2H3. The van der Waals surface area contributed by atoms with Gasteiger partial charge in [0.25, 0.3) is 0 Å². The molecule has 0 radical (unpaired) electrons. The minimum absolute atomic E-state index is 0.0105. The van der Waals surface area contributed by atoms with Gasteiger partial charge in [-0.3, -0.25) is 4.98 Å². The first-order valence-electron chi connectivity index (χ1n) is 6.38. The Balaban J connectivity index is 1.90. The Bertz CT molecular complexity index is 721. The van der Waals surface area contributed by atoms with E-state index in [4.69, 9.17) is 0 Å². The second kappa shape index (κ2) is 5.30. The van der Waals surface area contributed by atoms with Crippen molar-refractivity contribution < 1.29 is 0 Å². The van der Waals surface area contributed by atoms with Gasteiger partial charge in [0, 0.05) is 6.42 Å². The highest BCUT2D eigenvalue weighted by Gasteiger charge is 2.15. The van der Waals surface area contributed by atoms with Crippen molar-refractivity contribution in [1.29, 1.82) is 0 Å². The largest absolute Gasteiger partial charge is 0.311 e. The molecule has 7 heteroatoms. The first-order chi connectivity index (χ1) is 9.76. The normalized spacial score (nSPS) is 12.7. The number of para-hydroxylation sites is 2. The Morgan fingerprint density at radius 3 is 2.75 bits per heavy atom. The Morgan fingerprint density at radius 1 is 1.25 bits per heavy atom. The molecule has 1 unspecified atom stereocenters. The van der Waals surface area contributed by atoms with Crippen molar-refractivity contribution in [2.45, 2.75) is 12.5 Å². The number of hydrogen-bond donors (Lipinski definition) is 1. The number of nitrogens with zero attached hydrogens (tertiary/aromatic N) is 6. The lowest BCUT2D eigenvalue weighted by molar-refractivity contribution is 0.556. The summed E-state index contributed by atoms with van der Waals surface area (Å²) in [6.45, 7) is 0. The zero-order valence-corrected chi connectivity index (χ0v) is 11.4. The van der Waals surface area contributed by atoms with E-state index in [1.807, 2.05) is 31.3 Å². The van der Waals surface area contributed by atoms with Crippen LogP contribution in [-0.2, 0) is 13.5 Å². The van der Waals surface area contributed by atoms with Gasteiger partial charge in [0.2, 0.25) is 0 Å². The average Bonchev–Trinajstić information content (AvgIpc) is 2.89. The lowest BCUT2D eigenvalue weighted by atomic mass is 10.1. The molecule has 2 aromatic heterocycles. The average molecular weight is 269 g/mol. The van der Waals surface area contributed by atoms with Gasteiger partial charge in [-0.1, -0.05) is 12.1 Å². The van der Waals surface area contributed by atoms with Crippen LogP contribution >= 0.6 is 0 Å². The zero-order chi connectivity index (χ0) is 13.9. The maximum atomic E-state index is 4.64. The molecule has 2 heterocycles. The van der Waals surface area contributed by atoms with E-state index in [1.54, 1.807) is 13.2 Å². The second-order valence-electron chi connectivity index (χ2n) is 4.52. The van der Waals surface area contributed by atoms with Crippen LogP contribution in [0.1, 0.15) is 17.6 Å². The fourth-order valence-electron chi connectivity index (χ4n) is 2.08. The molecule has 20 heavy (non-hydrogen) atoms. The van der Waals surface area contributed by atoms with Gasteiger partial charge in [-0.2, -0.15) is 4.80 Å². The van der Waals surface area contributed by atoms with Gasteiger partial charge in [-0.25, -0.2) is 4.98 Å². The van der Waals surface area contributed by atoms with Gasteiger partial charge in [0.1, 0.15) is 0 Å². The Morgan fingerprint density at radius 2 is 2.05 bits per heavy atom. The Labute approximate surface area is 116 Å². The number of nitrogens with one attached hydrogen (secondary N) is 1. The first-order valence-corrected chi connectivity index (χ1v) is 6.38. The van der Waals surface area contributed by atoms with Crippen LogP contribution in [0.4, 0.5) is 0 Å². The van der Waals surface area contributed by atoms with Gasteiger partial charge < -0.3 is 5.32 Å². The van der Waals surface area contributed by atoms with Crippen molar-refractivity contribution in [2.24, 2.45) is 7.05 Å². The van der Waals surface area contributed by atoms with Crippen LogP contribution in [0.2, 0.25) is 0 Å². The van der Waals surface area contributed by atoms with Crippen molar-refractivity contribution in [3.63, 3.8) is 0 Å². The number of benzene rings is 1. The van der Waals surface area contributed by atoms with Crippen LogP contribution in [0.3, 0.4) is 0 Å². The molecule has 0 spiro atoms. The number of hydrogen-bond acceptors (Lipinski definition) is 6. The summed E-state index contributed by atoms with van der Waals surface area (Å²) in [5.74, 6) is 0.682. The van der Waals surface area contributed by atoms with Crippen LogP contribution in [0.25, 0.3) is 11.0 Å². The lowest BCUT2D eigenvalue weighted by Crippen LogP contribution is -2.21. The third kappa shape index (κ3) is 2.48. The van der Waals surface area contributed by atoms with E-state index in [0.717, 1.165) is 16.7 Å². The van der Waals surface area contributed by atoms with E-state index in [2.05, 4.69) is 30.7 Å². The van der Waals surface area contributed by atoms with Crippen LogP contribution < -0.4 is 5.32 Å². The van der Waals surface area contributed by atoms with E-state index in [-0.39, 0.29) is 6.04 Å². The summed E-state index contributed by atoms with van der Waals surface area (Å²) in [5, 5.41) is 15.3. The molecule has 1 atom stereocenters. The van der Waals surface area contributed by atoms with Crippen molar-refractivity contribution in [3.05, 3.63) is 42.0 Å². The molecule has 102 valence electrons. The molecule has 3 aromatic rings. The van der Waals surface area contributed by atoms with Gasteiger partial charge >= 0.3 is 0 Å². The second-order valence-corrected chi connectivity index (χ2v) is 4.52. The highest BCUT2D eigenvalue weighted by Crippen LogP contribution is 2.16. The van der Waals surface area contributed by atoms with E-state index in [1.165, 1.54) is 4.80 Å². The summed E-state index contributed by atoms with van der Waals surface area (Å²) in [7, 11) is 3.64. The highest BCUT2D eigenvalue weighted by atomic mass is 15.6. The number of tetrazole rings is 1. The Hall–Kier alpha value is -2.41. The van der Waals surface area contributed by atoms with Crippen molar-refractivity contribution in [3.8, 4) is 0 Å². The van der Waals surface area contributed by atoms with Crippen LogP contribution in [-0.4, -0.2) is 37.2 Å². The van der Waals surface area contributed by atoms with E-state index >= 15 is 0 Å². The highest BCUT2D eigenvalue weighted by molar-refractivity contribution is 5.73. The molecule has 0 amide bonds. The molecule has 0 aliphatic carbocycles. The van der Waals surface area contributed by atoms with E-state index < -0.39 is 0 Å². The monoisotopic (exact) mass is 269 g/mol. The van der Waals surface area contributed by atoms with Crippen molar-refractivity contribution in [1.82, 2.24) is 35.5 Å². The summed E-state index contributed by atoms with van der Waals surface area (Å²) < 4.78 is 0. The summed E-state index contributed by atoms with van der Waals surface area (Å²) in [6.07, 6.45) is 2.41. The molecule has 0 aliphatic heterocycles. The zero-order valence-electron chi connectivity index (χ0n) is 11.4. The number of aryl methyl sites for hydroxylation is 1. The predicted octanol–water partition coefficient (Wildman–Crippen LogP) is 0.656. The van der Waals surface area contributed by atoms with E-state index in [9.17, 15) is 0 Å². The maximum absolute atomic E-state index is 4.64. The van der Waals surface area contributed by atoms with Crippen LogP contribution in [0.5, 0.6) is 0 Å². The predicted molar refractivity (Wildman–Crippen MR) is 73.8 cm³/mol. The van der Waals surface area contributed by atoms with Gasteiger partial charge in [0.15, 0.2) is 5.82 Å². The number of aromatic nitrogens is 6. The fraction of sp³-hybridized carbons (Fsp3) is 0.308. The molecule has 0 bridgehead atoms. The fourth-order valence-corrected chi connectivity index (χ4v) is 2.08. The molecule has 1 aromatic carbocycles.